The van der Waals surface area contributed by atoms with Crippen molar-refractivity contribution in [2.75, 3.05) is 20.8 Å². The Kier molecular flexibility index (Phi) is 7.13. The Morgan fingerprint density at radius 3 is 2.63 bits per heavy atom. The van der Waals surface area contributed by atoms with Crippen LogP contribution in [0.3, 0.4) is 0 Å². The van der Waals surface area contributed by atoms with Crippen molar-refractivity contribution in [3.63, 3.8) is 0 Å². The van der Waals surface area contributed by atoms with Gasteiger partial charge in [-0.05, 0) is 55.8 Å². The van der Waals surface area contributed by atoms with Crippen molar-refractivity contribution in [1.82, 2.24) is 4.57 Å². The Morgan fingerprint density at radius 1 is 1.20 bits per heavy atom. The van der Waals surface area contributed by atoms with Gasteiger partial charge in [0.2, 0.25) is 0 Å². The van der Waals surface area contributed by atoms with E-state index >= 15 is 0 Å². The molecular weight excluding hydrogens is 536 g/mol. The fourth-order valence-electron chi connectivity index (χ4n) is 3.91. The van der Waals surface area contributed by atoms with E-state index in [0.29, 0.717) is 37.7 Å². The molecule has 0 radical (unpaired) electrons. The summed E-state index contributed by atoms with van der Waals surface area (Å²) < 4.78 is 18.7. The summed E-state index contributed by atoms with van der Waals surface area (Å²) in [7, 11) is 3.05. The van der Waals surface area contributed by atoms with Crippen LogP contribution < -0.4 is 24.4 Å². The van der Waals surface area contributed by atoms with Crippen molar-refractivity contribution in [3.8, 4) is 17.2 Å². The summed E-state index contributed by atoms with van der Waals surface area (Å²) in [6.07, 6.45) is 1.61. The van der Waals surface area contributed by atoms with Gasteiger partial charge in [0.25, 0.3) is 5.56 Å². The maximum Gasteiger partial charge on any atom is 0.338 e. The number of benzene rings is 2. The first kappa shape index (κ1) is 24.7. The maximum absolute atomic E-state index is 13.7. The first-order valence-corrected chi connectivity index (χ1v) is 12.3. The number of fused-ring (bicyclic) bond motifs is 1. The van der Waals surface area contributed by atoms with Crippen molar-refractivity contribution in [3.05, 3.63) is 83.0 Å². The number of nitrogens with zero attached hydrogens (tertiary/aromatic N) is 2. The number of allylic oxidation sites excluding steroid dienone is 1. The van der Waals surface area contributed by atoms with Gasteiger partial charge in [-0.2, -0.15) is 0 Å². The van der Waals surface area contributed by atoms with Crippen LogP contribution >= 0.6 is 27.3 Å². The van der Waals surface area contributed by atoms with Crippen molar-refractivity contribution < 1.29 is 24.1 Å². The second-order valence-electron chi connectivity index (χ2n) is 7.62. The maximum atomic E-state index is 13.7. The lowest BCUT2D eigenvalue weighted by molar-refractivity contribution is -0.139. The van der Waals surface area contributed by atoms with Gasteiger partial charge in [0.05, 0.1) is 42.7 Å². The van der Waals surface area contributed by atoms with E-state index < -0.39 is 12.0 Å². The van der Waals surface area contributed by atoms with E-state index in [2.05, 4.69) is 20.9 Å². The first-order chi connectivity index (χ1) is 16.8. The minimum absolute atomic E-state index is 0.0406. The van der Waals surface area contributed by atoms with Crippen LogP contribution in [0.1, 0.15) is 31.0 Å². The van der Waals surface area contributed by atoms with Crippen LogP contribution in [0.5, 0.6) is 17.2 Å². The third-order valence-corrected chi connectivity index (χ3v) is 6.99. The molecule has 0 fully saturated rings. The summed E-state index contributed by atoms with van der Waals surface area (Å²) in [6, 6.07) is 9.42. The smallest absolute Gasteiger partial charge is 0.338 e. The number of hydrogen-bond acceptors (Lipinski definition) is 8. The standard InChI is InChI=1S/C25H23BrN2O6S/c1-5-34-24(31)21-13(2)27-25-28(22(21)14-6-9-18(32-3)19(11-14)33-4)23(30)20(35-25)12-15-10-16(26)7-8-17(15)29/h6-12,22,29H,5H2,1-4H3/b20-12+. The molecular formula is C25H23BrN2O6S. The fourth-order valence-corrected chi connectivity index (χ4v) is 5.33. The molecule has 0 spiro atoms. The van der Waals surface area contributed by atoms with Crippen LogP contribution in [0, 0.1) is 0 Å². The molecule has 0 saturated heterocycles. The number of phenolic OH excluding ortho intramolecular Hbond substituents is 1. The topological polar surface area (TPSA) is 99.4 Å². The number of rotatable bonds is 6. The first-order valence-electron chi connectivity index (χ1n) is 10.7. The van der Waals surface area contributed by atoms with Gasteiger partial charge in [-0.15, -0.1) is 0 Å². The number of methoxy groups -OCH3 is 2. The van der Waals surface area contributed by atoms with Gasteiger partial charge in [0.1, 0.15) is 5.75 Å². The second-order valence-corrected chi connectivity index (χ2v) is 9.54. The van der Waals surface area contributed by atoms with E-state index in [1.54, 1.807) is 56.3 Å². The number of phenols is 1. The zero-order valence-corrected chi connectivity index (χ0v) is 21.9. The Bertz CT molecular complexity index is 1520. The second kappa shape index (κ2) is 10.1. The number of esters is 1. The van der Waals surface area contributed by atoms with Gasteiger partial charge in [0.15, 0.2) is 16.3 Å². The van der Waals surface area contributed by atoms with Crippen molar-refractivity contribution >= 4 is 39.3 Å². The van der Waals surface area contributed by atoms with Gasteiger partial charge in [0, 0.05) is 10.0 Å². The zero-order valence-electron chi connectivity index (χ0n) is 19.5. The molecule has 2 heterocycles. The minimum atomic E-state index is -0.789. The van der Waals surface area contributed by atoms with E-state index in [1.165, 1.54) is 30.1 Å². The number of aromatic hydroxyl groups is 1. The summed E-state index contributed by atoms with van der Waals surface area (Å²) in [4.78, 5) is 31.7. The summed E-state index contributed by atoms with van der Waals surface area (Å²) in [6.45, 7) is 3.62. The van der Waals surface area contributed by atoms with Crippen molar-refractivity contribution in [2.24, 2.45) is 4.99 Å². The molecule has 1 aliphatic heterocycles. The van der Waals surface area contributed by atoms with Gasteiger partial charge < -0.3 is 19.3 Å². The van der Waals surface area contributed by atoms with Crippen LogP contribution in [0.15, 0.2) is 61.9 Å². The highest BCUT2D eigenvalue weighted by atomic mass is 79.9. The lowest BCUT2D eigenvalue weighted by atomic mass is 9.95. The monoisotopic (exact) mass is 558 g/mol. The molecule has 1 atom stereocenters. The predicted molar refractivity (Wildman–Crippen MR) is 136 cm³/mol. The molecule has 0 amide bonds. The lowest BCUT2D eigenvalue weighted by Crippen LogP contribution is -2.40. The number of carbonyl (C=O) groups is 1. The number of carbonyl (C=O) groups excluding carboxylic acids is 1. The van der Waals surface area contributed by atoms with Crippen molar-refractivity contribution in [2.45, 2.75) is 19.9 Å². The molecule has 8 nitrogen and oxygen atoms in total. The normalized spacial score (nSPS) is 15.5. The van der Waals surface area contributed by atoms with E-state index in [9.17, 15) is 14.7 Å². The minimum Gasteiger partial charge on any atom is -0.507 e. The Morgan fingerprint density at radius 2 is 1.94 bits per heavy atom. The van der Waals surface area contributed by atoms with Gasteiger partial charge in [-0.1, -0.05) is 33.3 Å². The molecule has 0 bridgehead atoms. The number of hydrogen-bond donors (Lipinski definition) is 1. The molecule has 1 aromatic heterocycles. The third-order valence-electron chi connectivity index (χ3n) is 5.52. The van der Waals surface area contributed by atoms with Crippen molar-refractivity contribution in [1.29, 1.82) is 0 Å². The van der Waals surface area contributed by atoms with Crippen LogP contribution in [0.25, 0.3) is 6.08 Å². The quantitative estimate of drug-likeness (QED) is 0.466. The highest BCUT2D eigenvalue weighted by Gasteiger charge is 2.34. The fraction of sp³-hybridized carbons (Fsp3) is 0.240. The average molecular weight is 559 g/mol. The summed E-state index contributed by atoms with van der Waals surface area (Å²) >= 11 is 4.57. The SMILES string of the molecule is CCOC(=O)C1=C(C)N=c2s/c(=C/c3cc(Br)ccc3O)c(=O)n2C1c1ccc(OC)c(OC)c1. The predicted octanol–water partition coefficient (Wildman–Crippen LogP) is 3.28. The zero-order chi connectivity index (χ0) is 25.3. The van der Waals surface area contributed by atoms with Gasteiger partial charge in [-0.3, -0.25) is 9.36 Å². The number of ether oxygens (including phenoxy) is 3. The molecule has 1 unspecified atom stereocenters. The third kappa shape index (κ3) is 4.63. The number of thiazole rings is 1. The Labute approximate surface area is 213 Å². The summed E-state index contributed by atoms with van der Waals surface area (Å²) in [5.41, 5.74) is 1.50. The van der Waals surface area contributed by atoms with E-state index in [1.807, 2.05) is 0 Å². The van der Waals surface area contributed by atoms with E-state index in [4.69, 9.17) is 14.2 Å². The summed E-state index contributed by atoms with van der Waals surface area (Å²) in [5, 5.41) is 10.3. The molecule has 4 rings (SSSR count). The highest BCUT2D eigenvalue weighted by Crippen LogP contribution is 2.36. The molecule has 10 heteroatoms. The van der Waals surface area contributed by atoms with Crippen LogP contribution in [0.4, 0.5) is 0 Å². The summed E-state index contributed by atoms with van der Waals surface area (Å²) in [5.74, 6) is 0.475. The van der Waals surface area contributed by atoms with Crippen LogP contribution in [-0.2, 0) is 9.53 Å². The molecule has 3 aromatic rings. The molecule has 0 aliphatic carbocycles. The van der Waals surface area contributed by atoms with Crippen LogP contribution in [0.2, 0.25) is 0 Å². The Balaban J connectivity index is 1.99. The van der Waals surface area contributed by atoms with E-state index in [0.717, 1.165) is 4.47 Å². The van der Waals surface area contributed by atoms with Crippen LogP contribution in [-0.4, -0.2) is 36.5 Å². The van der Waals surface area contributed by atoms with E-state index in [-0.39, 0.29) is 23.5 Å². The largest absolute Gasteiger partial charge is 0.507 e. The van der Waals surface area contributed by atoms with Gasteiger partial charge in [-0.25, -0.2) is 9.79 Å². The molecule has 182 valence electrons. The molecule has 1 aliphatic rings. The lowest BCUT2D eigenvalue weighted by Gasteiger charge is -2.25. The number of halogens is 1. The molecule has 0 saturated carbocycles. The average Bonchev–Trinajstić information content (AvgIpc) is 3.14. The highest BCUT2D eigenvalue weighted by molar-refractivity contribution is 9.10. The Hall–Kier alpha value is -3.37. The van der Waals surface area contributed by atoms with Gasteiger partial charge >= 0.3 is 5.97 Å². The molecule has 2 aromatic carbocycles. The number of aromatic nitrogens is 1. The molecule has 35 heavy (non-hydrogen) atoms. The molecule has 1 N–H and O–H groups in total.